The molecular formula is C7H18OSi2. The molecule has 0 N–H and O–H groups in total. The van der Waals surface area contributed by atoms with Crippen molar-refractivity contribution in [3.63, 3.8) is 0 Å². The average molecular weight is 174 g/mol. The lowest BCUT2D eigenvalue weighted by Crippen LogP contribution is -2.32. The van der Waals surface area contributed by atoms with Crippen LogP contribution in [-0.2, 0) is 4.12 Å². The Labute approximate surface area is 67.6 Å². The second-order valence-electron chi connectivity index (χ2n) is 2.72. The van der Waals surface area contributed by atoms with E-state index >= 15 is 0 Å². The van der Waals surface area contributed by atoms with E-state index < -0.39 is 8.32 Å². The molecule has 0 aromatic rings. The van der Waals surface area contributed by atoms with E-state index in [1.54, 1.807) is 0 Å². The maximum absolute atomic E-state index is 5.84. The normalized spacial score (nSPS) is 17.5. The van der Waals surface area contributed by atoms with Crippen molar-refractivity contribution in [3.8, 4) is 0 Å². The van der Waals surface area contributed by atoms with Crippen molar-refractivity contribution in [1.82, 2.24) is 0 Å². The molecule has 0 fully saturated rings. The second-order valence-corrected chi connectivity index (χ2v) is 9.02. The van der Waals surface area contributed by atoms with Gasteiger partial charge in [0.1, 0.15) is 9.76 Å². The molecule has 0 aliphatic heterocycles. The minimum Gasteiger partial charge on any atom is -0.458 e. The van der Waals surface area contributed by atoms with Gasteiger partial charge in [-0.1, -0.05) is 19.5 Å². The molecule has 0 aliphatic rings. The van der Waals surface area contributed by atoms with Gasteiger partial charge in [-0.25, -0.2) is 0 Å². The summed E-state index contributed by atoms with van der Waals surface area (Å²) < 4.78 is 5.84. The third kappa shape index (κ3) is 3.34. The molecule has 1 atom stereocenters. The molecule has 0 bridgehead atoms. The first-order valence-corrected chi connectivity index (χ1v) is 8.23. The summed E-state index contributed by atoms with van der Waals surface area (Å²) in [5.41, 5.74) is 2.05. The van der Waals surface area contributed by atoms with Crippen LogP contribution in [0.1, 0.15) is 13.8 Å². The summed E-state index contributed by atoms with van der Waals surface area (Å²) in [4.78, 5) is 0. The summed E-state index contributed by atoms with van der Waals surface area (Å²) in [6, 6.07) is 2.42. The highest BCUT2D eigenvalue weighted by Crippen LogP contribution is 2.10. The summed E-state index contributed by atoms with van der Waals surface area (Å²) in [6.07, 6.45) is 0. The van der Waals surface area contributed by atoms with E-state index in [1.165, 1.54) is 12.1 Å². The molecule has 60 valence electrons. The first-order chi connectivity index (χ1) is 4.68. The Morgan fingerprint density at radius 3 is 2.50 bits per heavy atom. The fraction of sp³-hybridized carbons (Fsp3) is 0.714. The predicted octanol–water partition coefficient (Wildman–Crippen LogP) is 1.85. The van der Waals surface area contributed by atoms with Crippen LogP contribution in [0.25, 0.3) is 0 Å². The van der Waals surface area contributed by atoms with E-state index in [1.807, 2.05) is 0 Å². The first kappa shape index (κ1) is 10.1. The fourth-order valence-electron chi connectivity index (χ4n) is 0.641. The molecule has 0 radical (unpaired) electrons. The predicted molar refractivity (Wildman–Crippen MR) is 52.4 cm³/mol. The minimum absolute atomic E-state index is 0.214. The van der Waals surface area contributed by atoms with Gasteiger partial charge in [0.2, 0.25) is 8.32 Å². The average Bonchev–Trinajstić information content (AvgIpc) is 2.00. The van der Waals surface area contributed by atoms with Crippen LogP contribution < -0.4 is 0 Å². The first-order valence-electron chi connectivity index (χ1n) is 3.96. The van der Waals surface area contributed by atoms with Crippen LogP contribution in [0, 0.1) is 0 Å². The third-order valence-corrected chi connectivity index (χ3v) is 7.90. The van der Waals surface area contributed by atoms with E-state index in [0.29, 0.717) is 0 Å². The van der Waals surface area contributed by atoms with Gasteiger partial charge in [-0.05, 0) is 18.6 Å². The van der Waals surface area contributed by atoms with Crippen LogP contribution >= 0.6 is 0 Å². The largest absolute Gasteiger partial charge is 0.458 e. The Morgan fingerprint density at radius 1 is 1.60 bits per heavy atom. The zero-order chi connectivity index (χ0) is 8.04. The Bertz CT molecular complexity index is 106. The SMILES string of the molecule is C=C[Si](C)(CC)O[SiH2]CC. The molecule has 0 rings (SSSR count). The lowest BCUT2D eigenvalue weighted by molar-refractivity contribution is 0.594. The van der Waals surface area contributed by atoms with Gasteiger partial charge in [-0.2, -0.15) is 0 Å². The van der Waals surface area contributed by atoms with Gasteiger partial charge in [0, 0.05) is 0 Å². The van der Waals surface area contributed by atoms with E-state index in [-0.39, 0.29) is 9.76 Å². The maximum atomic E-state index is 5.84. The van der Waals surface area contributed by atoms with Crippen LogP contribution in [0.4, 0.5) is 0 Å². The van der Waals surface area contributed by atoms with E-state index in [4.69, 9.17) is 4.12 Å². The standard InChI is InChI=1S/C7H18OSi2/c1-5-9-8-10(4,6-2)7-3/h6H,2,5,7,9H2,1,3-4H3. The van der Waals surface area contributed by atoms with Crippen LogP contribution in [0.2, 0.25) is 18.6 Å². The lowest BCUT2D eigenvalue weighted by atomic mass is 11.0. The molecule has 0 saturated carbocycles. The summed E-state index contributed by atoms with van der Waals surface area (Å²) >= 11 is 0. The van der Waals surface area contributed by atoms with Crippen molar-refractivity contribution in [2.24, 2.45) is 0 Å². The maximum Gasteiger partial charge on any atom is 0.200 e. The monoisotopic (exact) mass is 174 g/mol. The number of hydrogen-bond donors (Lipinski definition) is 0. The Kier molecular flexibility index (Phi) is 4.94. The summed E-state index contributed by atoms with van der Waals surface area (Å²) in [6.45, 7) is 10.4. The molecule has 0 heterocycles. The highest BCUT2D eigenvalue weighted by molar-refractivity contribution is 6.80. The van der Waals surface area contributed by atoms with Gasteiger partial charge in [0.25, 0.3) is 0 Å². The van der Waals surface area contributed by atoms with Crippen LogP contribution in [-0.4, -0.2) is 18.1 Å². The molecule has 10 heavy (non-hydrogen) atoms. The molecule has 0 amide bonds. The molecule has 0 aromatic heterocycles. The Balaban J connectivity index is 3.68. The second kappa shape index (κ2) is 4.87. The van der Waals surface area contributed by atoms with Crippen LogP contribution in [0.5, 0.6) is 0 Å². The molecule has 1 unspecified atom stereocenters. The van der Waals surface area contributed by atoms with Crippen molar-refractivity contribution in [1.29, 1.82) is 0 Å². The van der Waals surface area contributed by atoms with Gasteiger partial charge >= 0.3 is 0 Å². The molecular weight excluding hydrogens is 156 g/mol. The van der Waals surface area contributed by atoms with Gasteiger partial charge in [0.05, 0.1) is 0 Å². The molecule has 0 aliphatic carbocycles. The molecule has 0 saturated heterocycles. The van der Waals surface area contributed by atoms with E-state index in [9.17, 15) is 0 Å². The molecule has 1 nitrogen and oxygen atoms in total. The summed E-state index contributed by atoms with van der Waals surface area (Å²) in [5, 5.41) is 0. The zero-order valence-electron chi connectivity index (χ0n) is 7.31. The third-order valence-electron chi connectivity index (χ3n) is 1.77. The number of hydrogen-bond acceptors (Lipinski definition) is 1. The van der Waals surface area contributed by atoms with E-state index in [0.717, 1.165) is 0 Å². The van der Waals surface area contributed by atoms with Gasteiger partial charge < -0.3 is 4.12 Å². The quantitative estimate of drug-likeness (QED) is 0.578. The Hall–Kier alpha value is 0.134. The highest BCUT2D eigenvalue weighted by Gasteiger charge is 2.20. The van der Waals surface area contributed by atoms with Crippen LogP contribution in [0.3, 0.4) is 0 Å². The fourth-order valence-corrected chi connectivity index (χ4v) is 4.90. The summed E-state index contributed by atoms with van der Waals surface area (Å²) in [7, 11) is -1.61. The van der Waals surface area contributed by atoms with Crippen molar-refractivity contribution < 1.29 is 4.12 Å². The molecule has 0 spiro atoms. The molecule has 0 aromatic carbocycles. The van der Waals surface area contributed by atoms with Gasteiger partial charge in [-0.15, -0.1) is 6.58 Å². The topological polar surface area (TPSA) is 9.23 Å². The highest BCUT2D eigenvalue weighted by atomic mass is 28.4. The van der Waals surface area contributed by atoms with E-state index in [2.05, 4.69) is 32.7 Å². The van der Waals surface area contributed by atoms with Crippen molar-refractivity contribution in [2.45, 2.75) is 32.5 Å². The van der Waals surface area contributed by atoms with Gasteiger partial charge in [-0.3, -0.25) is 0 Å². The summed E-state index contributed by atoms with van der Waals surface area (Å²) in [5.74, 6) is 0. The Morgan fingerprint density at radius 2 is 2.20 bits per heavy atom. The van der Waals surface area contributed by atoms with Crippen molar-refractivity contribution in [2.75, 3.05) is 0 Å². The molecule has 3 heteroatoms. The van der Waals surface area contributed by atoms with Crippen LogP contribution in [0.15, 0.2) is 12.3 Å². The lowest BCUT2D eigenvalue weighted by Gasteiger charge is -2.21. The van der Waals surface area contributed by atoms with Gasteiger partial charge in [0.15, 0.2) is 0 Å². The van der Waals surface area contributed by atoms with Crippen molar-refractivity contribution >= 4 is 18.1 Å². The smallest absolute Gasteiger partial charge is 0.200 e. The minimum atomic E-state index is -1.39. The number of rotatable bonds is 5. The van der Waals surface area contributed by atoms with Crippen molar-refractivity contribution in [3.05, 3.63) is 12.3 Å². The zero-order valence-corrected chi connectivity index (χ0v) is 9.73.